The van der Waals surface area contributed by atoms with Crippen LogP contribution in [0.5, 0.6) is 0 Å². The Morgan fingerprint density at radius 2 is 2.14 bits per heavy atom. The van der Waals surface area contributed by atoms with Crippen molar-refractivity contribution >= 4 is 34.9 Å². The van der Waals surface area contributed by atoms with Gasteiger partial charge in [0.25, 0.3) is 5.91 Å². The highest BCUT2D eigenvalue weighted by atomic mass is 32.2. The van der Waals surface area contributed by atoms with Gasteiger partial charge in [-0.2, -0.15) is 0 Å². The van der Waals surface area contributed by atoms with Crippen molar-refractivity contribution in [2.24, 2.45) is 0 Å². The van der Waals surface area contributed by atoms with Crippen LogP contribution in [0, 0.1) is 6.92 Å². The standard InChI is InChI=1S/C21H27N3O2S2/c1-16-23-17(14-27-16)15-28-19-9-5-4-8-18(19)21(26)22-11-7-13-24-12-6-2-3-10-20(24)25/h4-5,8-9,14H,2-3,6-7,10-13,15H2,1H3,(H,22,26). The van der Waals surface area contributed by atoms with Gasteiger partial charge in [-0.1, -0.05) is 18.6 Å². The number of benzene rings is 1. The highest BCUT2D eigenvalue weighted by molar-refractivity contribution is 7.98. The summed E-state index contributed by atoms with van der Waals surface area (Å²) in [5.41, 5.74) is 1.75. The van der Waals surface area contributed by atoms with Crippen LogP contribution >= 0.6 is 23.1 Å². The van der Waals surface area contributed by atoms with Crippen LogP contribution in [-0.2, 0) is 10.5 Å². The van der Waals surface area contributed by atoms with E-state index in [1.54, 1.807) is 23.1 Å². The van der Waals surface area contributed by atoms with Crippen LogP contribution in [0.1, 0.15) is 53.2 Å². The van der Waals surface area contributed by atoms with Crippen molar-refractivity contribution in [2.45, 2.75) is 49.7 Å². The van der Waals surface area contributed by atoms with Crippen LogP contribution in [-0.4, -0.2) is 41.3 Å². The third-order valence-electron chi connectivity index (χ3n) is 4.74. The molecular weight excluding hydrogens is 390 g/mol. The van der Waals surface area contributed by atoms with Crippen LogP contribution in [0.15, 0.2) is 34.5 Å². The Balaban J connectivity index is 1.48. The molecular formula is C21H27N3O2S2. The van der Waals surface area contributed by atoms with E-state index < -0.39 is 0 Å². The molecule has 1 fully saturated rings. The van der Waals surface area contributed by atoms with Gasteiger partial charge >= 0.3 is 0 Å². The Morgan fingerprint density at radius 3 is 2.96 bits per heavy atom. The second-order valence-corrected chi connectivity index (χ2v) is 9.02. The minimum atomic E-state index is -0.0558. The first-order valence-corrected chi connectivity index (χ1v) is 11.7. The normalized spacial score (nSPS) is 14.8. The number of rotatable bonds is 8. The molecule has 5 nitrogen and oxygen atoms in total. The molecule has 0 radical (unpaired) electrons. The third-order valence-corrected chi connectivity index (χ3v) is 6.66. The molecule has 1 aromatic carbocycles. The molecule has 0 spiro atoms. The molecule has 2 amide bonds. The predicted molar refractivity (Wildman–Crippen MR) is 115 cm³/mol. The topological polar surface area (TPSA) is 62.3 Å². The number of aromatic nitrogens is 1. The van der Waals surface area contributed by atoms with E-state index in [1.807, 2.05) is 36.1 Å². The van der Waals surface area contributed by atoms with Gasteiger partial charge in [-0.15, -0.1) is 23.1 Å². The van der Waals surface area contributed by atoms with Crippen molar-refractivity contribution in [3.05, 3.63) is 45.9 Å². The highest BCUT2D eigenvalue weighted by Crippen LogP contribution is 2.26. The summed E-state index contributed by atoms with van der Waals surface area (Å²) in [5, 5.41) is 6.13. The third kappa shape index (κ3) is 6.07. The van der Waals surface area contributed by atoms with Gasteiger partial charge in [0.2, 0.25) is 5.91 Å². The lowest BCUT2D eigenvalue weighted by molar-refractivity contribution is -0.130. The van der Waals surface area contributed by atoms with E-state index in [-0.39, 0.29) is 11.8 Å². The van der Waals surface area contributed by atoms with Gasteiger partial charge in [0.05, 0.1) is 16.3 Å². The molecule has 3 rings (SSSR count). The van der Waals surface area contributed by atoms with E-state index in [9.17, 15) is 9.59 Å². The summed E-state index contributed by atoms with van der Waals surface area (Å²) >= 11 is 3.28. The maximum atomic E-state index is 12.6. The molecule has 0 bridgehead atoms. The lowest BCUT2D eigenvalue weighted by atomic mass is 10.2. The number of nitrogens with one attached hydrogen (secondary N) is 1. The lowest BCUT2D eigenvalue weighted by Crippen LogP contribution is -2.34. The molecule has 0 saturated carbocycles. The summed E-state index contributed by atoms with van der Waals surface area (Å²) in [6.45, 7) is 4.15. The second kappa shape index (κ2) is 10.6. The molecule has 7 heteroatoms. The Kier molecular flexibility index (Phi) is 7.91. The van der Waals surface area contributed by atoms with Gasteiger partial charge in [0.15, 0.2) is 0 Å². The fourth-order valence-electron chi connectivity index (χ4n) is 3.25. The van der Waals surface area contributed by atoms with Gasteiger partial charge < -0.3 is 10.2 Å². The lowest BCUT2D eigenvalue weighted by Gasteiger charge is -2.20. The van der Waals surface area contributed by atoms with Crippen molar-refractivity contribution in [3.8, 4) is 0 Å². The summed E-state index contributed by atoms with van der Waals surface area (Å²) in [7, 11) is 0. The molecule has 1 N–H and O–H groups in total. The minimum Gasteiger partial charge on any atom is -0.352 e. The molecule has 150 valence electrons. The Bertz CT molecular complexity index is 806. The first-order valence-electron chi connectivity index (χ1n) is 9.82. The average Bonchev–Trinajstić information content (AvgIpc) is 3.01. The Labute approximate surface area is 174 Å². The SMILES string of the molecule is Cc1nc(CSc2ccccc2C(=O)NCCCN2CCCCCC2=O)cs1. The number of hydrogen-bond acceptors (Lipinski definition) is 5. The molecule has 0 aliphatic carbocycles. The number of carbonyl (C=O) groups excluding carboxylic acids is 2. The van der Waals surface area contributed by atoms with E-state index in [0.717, 1.165) is 60.1 Å². The van der Waals surface area contributed by atoms with Crippen LogP contribution in [0.4, 0.5) is 0 Å². The van der Waals surface area contributed by atoms with Crippen molar-refractivity contribution < 1.29 is 9.59 Å². The number of thioether (sulfide) groups is 1. The molecule has 2 heterocycles. The van der Waals surface area contributed by atoms with Crippen LogP contribution in [0.3, 0.4) is 0 Å². The second-order valence-electron chi connectivity index (χ2n) is 6.94. The largest absolute Gasteiger partial charge is 0.352 e. The van der Waals surface area contributed by atoms with Crippen molar-refractivity contribution in [2.75, 3.05) is 19.6 Å². The zero-order valence-corrected chi connectivity index (χ0v) is 17.9. The monoisotopic (exact) mass is 417 g/mol. The number of carbonyl (C=O) groups is 2. The summed E-state index contributed by atoms with van der Waals surface area (Å²) in [6.07, 6.45) is 4.66. The molecule has 28 heavy (non-hydrogen) atoms. The van der Waals surface area contributed by atoms with E-state index >= 15 is 0 Å². The zero-order chi connectivity index (χ0) is 19.8. The van der Waals surface area contributed by atoms with Gasteiger partial charge in [-0.3, -0.25) is 9.59 Å². The molecule has 0 unspecified atom stereocenters. The first-order chi connectivity index (χ1) is 13.6. The maximum absolute atomic E-state index is 12.6. The van der Waals surface area contributed by atoms with Crippen LogP contribution < -0.4 is 5.32 Å². The summed E-state index contributed by atoms with van der Waals surface area (Å²) in [6, 6.07) is 7.69. The van der Waals surface area contributed by atoms with Gasteiger partial charge in [-0.25, -0.2) is 4.98 Å². The maximum Gasteiger partial charge on any atom is 0.252 e. The number of aryl methyl sites for hydroxylation is 1. The number of hydrogen-bond donors (Lipinski definition) is 1. The Morgan fingerprint density at radius 1 is 1.29 bits per heavy atom. The van der Waals surface area contributed by atoms with E-state index in [2.05, 4.69) is 15.7 Å². The van der Waals surface area contributed by atoms with E-state index in [1.165, 1.54) is 0 Å². The van der Waals surface area contributed by atoms with Gasteiger partial charge in [0, 0.05) is 42.1 Å². The zero-order valence-electron chi connectivity index (χ0n) is 16.3. The highest BCUT2D eigenvalue weighted by Gasteiger charge is 2.16. The smallest absolute Gasteiger partial charge is 0.252 e. The Hall–Kier alpha value is -1.86. The van der Waals surface area contributed by atoms with Crippen LogP contribution in [0.2, 0.25) is 0 Å². The molecule has 1 aromatic heterocycles. The minimum absolute atomic E-state index is 0.0558. The molecule has 1 aliphatic rings. The van der Waals surface area contributed by atoms with Crippen molar-refractivity contribution in [1.29, 1.82) is 0 Å². The molecule has 1 saturated heterocycles. The molecule has 2 aromatic rings. The van der Waals surface area contributed by atoms with Crippen LogP contribution in [0.25, 0.3) is 0 Å². The van der Waals surface area contributed by atoms with Crippen molar-refractivity contribution in [1.82, 2.24) is 15.2 Å². The quantitative estimate of drug-likeness (QED) is 0.515. The number of thiazole rings is 1. The van der Waals surface area contributed by atoms with E-state index in [4.69, 9.17) is 0 Å². The summed E-state index contributed by atoms with van der Waals surface area (Å²) in [4.78, 5) is 32.1. The van der Waals surface area contributed by atoms with Gasteiger partial charge in [0.1, 0.15) is 0 Å². The van der Waals surface area contributed by atoms with E-state index in [0.29, 0.717) is 18.5 Å². The molecule has 0 atom stereocenters. The van der Waals surface area contributed by atoms with Gasteiger partial charge in [-0.05, 0) is 38.3 Å². The summed E-state index contributed by atoms with van der Waals surface area (Å²) in [5.74, 6) is 0.953. The predicted octanol–water partition coefficient (Wildman–Crippen LogP) is 4.27. The number of amides is 2. The average molecular weight is 418 g/mol. The molecule has 1 aliphatic heterocycles. The van der Waals surface area contributed by atoms with Crippen molar-refractivity contribution in [3.63, 3.8) is 0 Å². The first kappa shape index (κ1) is 20.9. The number of nitrogens with zero attached hydrogens (tertiary/aromatic N) is 2. The fraction of sp³-hybridized carbons (Fsp3) is 0.476. The summed E-state index contributed by atoms with van der Waals surface area (Å²) < 4.78 is 0. The fourth-order valence-corrected chi connectivity index (χ4v) is 4.91. The number of likely N-dealkylation sites (tertiary alicyclic amines) is 1.